The van der Waals surface area contributed by atoms with Crippen LogP contribution in [0.25, 0.3) is 0 Å². The molecule has 0 bridgehead atoms. The molecule has 0 aliphatic rings. The lowest BCUT2D eigenvalue weighted by atomic mass is 10.0. The lowest BCUT2D eigenvalue weighted by Gasteiger charge is -2.20. The molecule has 0 aromatic heterocycles. The fourth-order valence-corrected chi connectivity index (χ4v) is 9.61. The second-order valence-corrected chi connectivity index (χ2v) is 21.4. The first-order valence-electron chi connectivity index (χ1n) is 31.3. The van der Waals surface area contributed by atoms with E-state index >= 15 is 0 Å². The van der Waals surface area contributed by atoms with Gasteiger partial charge in [-0.2, -0.15) is 0 Å². The molecule has 0 rings (SSSR count). The quantitative estimate of drug-likeness (QED) is 0.0321. The van der Waals surface area contributed by atoms with E-state index < -0.39 is 12.1 Å². The summed E-state index contributed by atoms with van der Waals surface area (Å²) in [4.78, 5) is 24.5. The second-order valence-electron chi connectivity index (χ2n) is 21.4. The highest BCUT2D eigenvalue weighted by Gasteiger charge is 2.18. The zero-order valence-electron chi connectivity index (χ0n) is 47.0. The standard InChI is InChI=1S/C64H121NO5/c1-3-5-7-9-11-13-15-33-38-42-46-50-54-58-64(69)70-59-55-51-47-43-39-35-32-30-28-26-24-22-20-18-17-19-21-23-25-27-29-31-34-37-41-45-49-53-57-63(68)65-61(60-66)62(67)56-52-48-44-40-36-16-14-12-10-8-6-4-2/h7,9,13,15,52,56,61-62,66-67H,3-6,8,10-12,14,16-51,53-55,57-60H2,1-2H3,(H,65,68)/b9-7-,15-13-,56-52+. The van der Waals surface area contributed by atoms with E-state index in [4.69, 9.17) is 4.74 Å². The van der Waals surface area contributed by atoms with Crippen molar-refractivity contribution in [1.82, 2.24) is 5.32 Å². The maximum absolute atomic E-state index is 12.4. The van der Waals surface area contributed by atoms with Crippen molar-refractivity contribution in [2.75, 3.05) is 13.2 Å². The van der Waals surface area contributed by atoms with E-state index in [0.29, 0.717) is 19.4 Å². The van der Waals surface area contributed by atoms with Gasteiger partial charge >= 0.3 is 5.97 Å². The van der Waals surface area contributed by atoms with E-state index in [1.165, 1.54) is 257 Å². The van der Waals surface area contributed by atoms with E-state index in [1.807, 2.05) is 6.08 Å². The first kappa shape index (κ1) is 68.1. The van der Waals surface area contributed by atoms with Crippen molar-refractivity contribution in [3.8, 4) is 0 Å². The van der Waals surface area contributed by atoms with Gasteiger partial charge in [0.2, 0.25) is 5.91 Å². The lowest BCUT2D eigenvalue weighted by molar-refractivity contribution is -0.143. The summed E-state index contributed by atoms with van der Waals surface area (Å²) in [5, 5.41) is 23.1. The molecule has 2 unspecified atom stereocenters. The Morgan fingerprint density at radius 3 is 1.14 bits per heavy atom. The fourth-order valence-electron chi connectivity index (χ4n) is 9.61. The highest BCUT2D eigenvalue weighted by Crippen LogP contribution is 2.18. The first-order chi connectivity index (χ1) is 34.5. The molecule has 3 N–H and O–H groups in total. The van der Waals surface area contributed by atoms with Crippen molar-refractivity contribution in [1.29, 1.82) is 0 Å². The Morgan fingerprint density at radius 1 is 0.400 bits per heavy atom. The molecular formula is C64H121NO5. The third kappa shape index (κ3) is 55.4. The summed E-state index contributed by atoms with van der Waals surface area (Å²) >= 11 is 0. The maximum atomic E-state index is 12.4. The maximum Gasteiger partial charge on any atom is 0.305 e. The normalized spacial score (nSPS) is 12.8. The number of nitrogens with one attached hydrogen (secondary N) is 1. The number of aliphatic hydroxyl groups excluding tert-OH is 2. The van der Waals surface area contributed by atoms with Crippen LogP contribution in [0.3, 0.4) is 0 Å². The average molecular weight is 985 g/mol. The Morgan fingerprint density at radius 2 is 0.743 bits per heavy atom. The number of amides is 1. The summed E-state index contributed by atoms with van der Waals surface area (Å²) in [6, 6.07) is -0.624. The molecule has 0 radical (unpaired) electrons. The van der Waals surface area contributed by atoms with Crippen LogP contribution in [0.15, 0.2) is 36.5 Å². The minimum absolute atomic E-state index is 0.00288. The number of unbranched alkanes of at least 4 members (excludes halogenated alkanes) is 43. The summed E-state index contributed by atoms with van der Waals surface area (Å²) in [6.07, 6.45) is 74.9. The van der Waals surface area contributed by atoms with Crippen molar-refractivity contribution < 1.29 is 24.5 Å². The average Bonchev–Trinajstić information content (AvgIpc) is 3.36. The predicted octanol–water partition coefficient (Wildman–Crippen LogP) is 19.6. The molecule has 0 saturated carbocycles. The number of allylic oxidation sites excluding steroid dienone is 5. The summed E-state index contributed by atoms with van der Waals surface area (Å²) in [5.41, 5.74) is 0. The number of ether oxygens (including phenoxy) is 1. The van der Waals surface area contributed by atoms with Crippen LogP contribution in [-0.4, -0.2) is 47.4 Å². The predicted molar refractivity (Wildman–Crippen MR) is 306 cm³/mol. The molecule has 0 fully saturated rings. The van der Waals surface area contributed by atoms with E-state index in [0.717, 1.165) is 51.4 Å². The molecule has 0 aliphatic heterocycles. The highest BCUT2D eigenvalue weighted by atomic mass is 16.5. The summed E-state index contributed by atoms with van der Waals surface area (Å²) < 4.78 is 5.47. The van der Waals surface area contributed by atoms with Crippen LogP contribution in [0.5, 0.6) is 0 Å². The number of aliphatic hydroxyl groups is 2. The van der Waals surface area contributed by atoms with Gasteiger partial charge in [0.25, 0.3) is 0 Å². The molecular weight excluding hydrogens is 863 g/mol. The number of carbonyl (C=O) groups is 2. The van der Waals surface area contributed by atoms with Crippen molar-refractivity contribution in [3.63, 3.8) is 0 Å². The monoisotopic (exact) mass is 984 g/mol. The number of carbonyl (C=O) groups excluding carboxylic acids is 2. The molecule has 0 saturated heterocycles. The zero-order chi connectivity index (χ0) is 50.7. The van der Waals surface area contributed by atoms with Crippen molar-refractivity contribution in [2.24, 2.45) is 0 Å². The van der Waals surface area contributed by atoms with Crippen LogP contribution in [0.1, 0.15) is 335 Å². The van der Waals surface area contributed by atoms with Gasteiger partial charge in [-0.1, -0.05) is 301 Å². The molecule has 0 heterocycles. The fraction of sp³-hybridized carbons (Fsp3) is 0.875. The number of hydrogen-bond acceptors (Lipinski definition) is 5. The van der Waals surface area contributed by atoms with Gasteiger partial charge in [0.15, 0.2) is 0 Å². The van der Waals surface area contributed by atoms with Gasteiger partial charge in [0.1, 0.15) is 0 Å². The van der Waals surface area contributed by atoms with E-state index in [9.17, 15) is 19.8 Å². The Labute approximate surface area is 436 Å². The molecule has 0 spiro atoms. The highest BCUT2D eigenvalue weighted by molar-refractivity contribution is 5.76. The second kappa shape index (κ2) is 59.6. The van der Waals surface area contributed by atoms with Gasteiger partial charge in [-0.3, -0.25) is 9.59 Å². The summed E-state index contributed by atoms with van der Waals surface area (Å²) in [6.45, 7) is 4.84. The van der Waals surface area contributed by atoms with Gasteiger partial charge in [-0.05, 0) is 57.8 Å². The third-order valence-corrected chi connectivity index (χ3v) is 14.4. The van der Waals surface area contributed by atoms with Crippen LogP contribution >= 0.6 is 0 Å². The Hall–Kier alpha value is -1.92. The van der Waals surface area contributed by atoms with Crippen molar-refractivity contribution in [2.45, 2.75) is 347 Å². The van der Waals surface area contributed by atoms with E-state index in [2.05, 4.69) is 43.5 Å². The largest absolute Gasteiger partial charge is 0.466 e. The topological polar surface area (TPSA) is 95.9 Å². The molecule has 1 amide bonds. The van der Waals surface area contributed by atoms with Crippen LogP contribution in [0.4, 0.5) is 0 Å². The minimum Gasteiger partial charge on any atom is -0.466 e. The molecule has 0 aliphatic carbocycles. The van der Waals surface area contributed by atoms with Crippen LogP contribution in [-0.2, 0) is 14.3 Å². The summed E-state index contributed by atoms with van der Waals surface area (Å²) in [7, 11) is 0. The molecule has 6 heteroatoms. The van der Waals surface area contributed by atoms with Crippen molar-refractivity contribution >= 4 is 11.9 Å². The van der Waals surface area contributed by atoms with E-state index in [1.54, 1.807) is 6.08 Å². The van der Waals surface area contributed by atoms with Crippen LogP contribution in [0, 0.1) is 0 Å². The zero-order valence-corrected chi connectivity index (χ0v) is 47.0. The van der Waals surface area contributed by atoms with Crippen LogP contribution in [0.2, 0.25) is 0 Å². The minimum atomic E-state index is -0.841. The number of hydrogen-bond donors (Lipinski definition) is 3. The van der Waals surface area contributed by atoms with E-state index in [-0.39, 0.29) is 18.5 Å². The molecule has 0 aromatic rings. The summed E-state index contributed by atoms with van der Waals surface area (Å²) in [5.74, 6) is -0.0620. The lowest BCUT2D eigenvalue weighted by Crippen LogP contribution is -2.45. The smallest absolute Gasteiger partial charge is 0.305 e. The SMILES string of the molecule is CCC/C=C\C/C=C\CCCCCCCC(=O)OCCCCCCCCCCCCCCCCCCCCCCCCCCCCCCC(=O)NC(CO)C(O)/C=C/CCCCCCCCCCCC. The Bertz CT molecular complexity index is 1130. The molecule has 2 atom stereocenters. The Balaban J connectivity index is 3.35. The van der Waals surface area contributed by atoms with Gasteiger partial charge in [0.05, 0.1) is 25.4 Å². The number of rotatable bonds is 58. The Kier molecular flexibility index (Phi) is 58.0. The first-order valence-corrected chi connectivity index (χ1v) is 31.3. The van der Waals surface area contributed by atoms with Gasteiger partial charge in [-0.25, -0.2) is 0 Å². The van der Waals surface area contributed by atoms with Gasteiger partial charge in [0, 0.05) is 12.8 Å². The number of esters is 1. The molecule has 6 nitrogen and oxygen atoms in total. The van der Waals surface area contributed by atoms with Crippen molar-refractivity contribution in [3.05, 3.63) is 36.5 Å². The molecule has 412 valence electrons. The third-order valence-electron chi connectivity index (χ3n) is 14.4. The molecule has 70 heavy (non-hydrogen) atoms. The molecule has 0 aromatic carbocycles. The van der Waals surface area contributed by atoms with Crippen LogP contribution < -0.4 is 5.32 Å². The van der Waals surface area contributed by atoms with Gasteiger partial charge in [-0.15, -0.1) is 0 Å². The van der Waals surface area contributed by atoms with Gasteiger partial charge < -0.3 is 20.3 Å².